The standard InChI is InChI=1S/C16H25NO4/c1-15(2,3)11-9-12(16(4,5)6)14(21-8-7-18)10-13(11)17(19)20/h9-10,18H,7-8H2,1-6H3. The summed E-state index contributed by atoms with van der Waals surface area (Å²) in [5.74, 6) is 0.469. The molecular weight excluding hydrogens is 270 g/mol. The predicted molar refractivity (Wildman–Crippen MR) is 83.1 cm³/mol. The maximum atomic E-state index is 11.4. The van der Waals surface area contributed by atoms with Crippen molar-refractivity contribution in [3.05, 3.63) is 33.4 Å². The summed E-state index contributed by atoms with van der Waals surface area (Å²) in [7, 11) is 0. The Balaban J connectivity index is 3.58. The molecule has 0 spiro atoms. The maximum Gasteiger partial charge on any atom is 0.276 e. The fraction of sp³-hybridized carbons (Fsp3) is 0.625. The van der Waals surface area contributed by atoms with Crippen molar-refractivity contribution in [3.8, 4) is 5.75 Å². The molecule has 0 bridgehead atoms. The Morgan fingerprint density at radius 1 is 1.10 bits per heavy atom. The van der Waals surface area contributed by atoms with Crippen molar-refractivity contribution in [3.63, 3.8) is 0 Å². The van der Waals surface area contributed by atoms with Crippen LogP contribution in [0.4, 0.5) is 5.69 Å². The molecule has 1 aromatic carbocycles. The van der Waals surface area contributed by atoms with Gasteiger partial charge in [-0.1, -0.05) is 41.5 Å². The van der Waals surface area contributed by atoms with E-state index in [1.807, 2.05) is 47.6 Å². The quantitative estimate of drug-likeness (QED) is 0.681. The minimum absolute atomic E-state index is 0.0587. The lowest BCUT2D eigenvalue weighted by Crippen LogP contribution is -2.20. The van der Waals surface area contributed by atoms with E-state index in [9.17, 15) is 10.1 Å². The van der Waals surface area contributed by atoms with E-state index in [0.717, 1.165) is 5.56 Å². The molecule has 21 heavy (non-hydrogen) atoms. The molecule has 0 saturated heterocycles. The number of nitro groups is 1. The van der Waals surface area contributed by atoms with Crippen LogP contribution in [-0.2, 0) is 10.8 Å². The number of ether oxygens (including phenoxy) is 1. The summed E-state index contributed by atoms with van der Waals surface area (Å²) < 4.78 is 5.52. The molecule has 0 atom stereocenters. The molecule has 0 saturated carbocycles. The summed E-state index contributed by atoms with van der Waals surface area (Å²) in [5.41, 5.74) is 1.11. The van der Waals surface area contributed by atoms with Crippen LogP contribution in [0.5, 0.6) is 5.75 Å². The van der Waals surface area contributed by atoms with E-state index < -0.39 is 0 Å². The van der Waals surface area contributed by atoms with E-state index in [-0.39, 0.29) is 34.7 Å². The molecule has 1 rings (SSSR count). The van der Waals surface area contributed by atoms with Crippen LogP contribution in [0.25, 0.3) is 0 Å². The van der Waals surface area contributed by atoms with Gasteiger partial charge in [-0.05, 0) is 16.9 Å². The highest BCUT2D eigenvalue weighted by molar-refractivity contribution is 5.55. The van der Waals surface area contributed by atoms with Crippen molar-refractivity contribution in [2.24, 2.45) is 0 Å². The third-order valence-corrected chi connectivity index (χ3v) is 3.26. The molecule has 0 heterocycles. The predicted octanol–water partition coefficient (Wildman–Crippen LogP) is 3.56. The molecule has 0 unspecified atom stereocenters. The monoisotopic (exact) mass is 295 g/mol. The fourth-order valence-electron chi connectivity index (χ4n) is 2.18. The Kier molecular flexibility index (Phi) is 4.99. The van der Waals surface area contributed by atoms with Gasteiger partial charge in [-0.2, -0.15) is 0 Å². The fourth-order valence-corrected chi connectivity index (χ4v) is 2.18. The Hall–Kier alpha value is -1.62. The number of rotatable bonds is 4. The molecular formula is C16H25NO4. The van der Waals surface area contributed by atoms with Gasteiger partial charge in [0.05, 0.1) is 17.6 Å². The summed E-state index contributed by atoms with van der Waals surface area (Å²) in [6, 6.07) is 3.35. The minimum Gasteiger partial charge on any atom is -0.491 e. The average Bonchev–Trinajstić information content (AvgIpc) is 2.32. The van der Waals surface area contributed by atoms with Crippen molar-refractivity contribution in [1.82, 2.24) is 0 Å². The van der Waals surface area contributed by atoms with E-state index in [1.165, 1.54) is 6.07 Å². The van der Waals surface area contributed by atoms with Crippen molar-refractivity contribution < 1.29 is 14.8 Å². The van der Waals surface area contributed by atoms with Gasteiger partial charge in [0.1, 0.15) is 12.4 Å². The van der Waals surface area contributed by atoms with Crippen LogP contribution in [-0.4, -0.2) is 23.2 Å². The number of nitrogens with zero attached hydrogens (tertiary/aromatic N) is 1. The van der Waals surface area contributed by atoms with Crippen LogP contribution >= 0.6 is 0 Å². The molecule has 118 valence electrons. The van der Waals surface area contributed by atoms with E-state index in [0.29, 0.717) is 11.3 Å². The van der Waals surface area contributed by atoms with Gasteiger partial charge < -0.3 is 9.84 Å². The number of hydrogen-bond donors (Lipinski definition) is 1. The van der Waals surface area contributed by atoms with Crippen LogP contribution in [0.2, 0.25) is 0 Å². The zero-order chi connectivity index (χ0) is 16.4. The van der Waals surface area contributed by atoms with Crippen molar-refractivity contribution in [1.29, 1.82) is 0 Å². The Morgan fingerprint density at radius 3 is 2.00 bits per heavy atom. The van der Waals surface area contributed by atoms with Gasteiger partial charge in [0.2, 0.25) is 0 Å². The number of nitro benzene ring substituents is 1. The van der Waals surface area contributed by atoms with Gasteiger partial charge in [0.15, 0.2) is 0 Å². The molecule has 5 nitrogen and oxygen atoms in total. The van der Waals surface area contributed by atoms with Crippen LogP contribution in [0.1, 0.15) is 52.7 Å². The first kappa shape index (κ1) is 17.4. The van der Waals surface area contributed by atoms with Gasteiger partial charge in [0, 0.05) is 11.1 Å². The molecule has 0 aliphatic rings. The number of benzene rings is 1. The van der Waals surface area contributed by atoms with E-state index in [4.69, 9.17) is 9.84 Å². The first-order valence-corrected chi connectivity index (χ1v) is 7.05. The summed E-state index contributed by atoms with van der Waals surface area (Å²) in [4.78, 5) is 11.0. The summed E-state index contributed by atoms with van der Waals surface area (Å²) in [6.07, 6.45) is 0. The second kappa shape index (κ2) is 6.02. The molecule has 0 amide bonds. The van der Waals surface area contributed by atoms with Crippen LogP contribution < -0.4 is 4.74 Å². The van der Waals surface area contributed by atoms with Gasteiger partial charge >= 0.3 is 0 Å². The Morgan fingerprint density at radius 2 is 1.62 bits per heavy atom. The summed E-state index contributed by atoms with van der Waals surface area (Å²) in [5, 5.41) is 20.3. The zero-order valence-corrected chi connectivity index (χ0v) is 13.7. The van der Waals surface area contributed by atoms with Crippen molar-refractivity contribution >= 4 is 5.69 Å². The van der Waals surface area contributed by atoms with E-state index in [1.54, 1.807) is 0 Å². The van der Waals surface area contributed by atoms with Crippen LogP contribution in [0, 0.1) is 10.1 Å². The normalized spacial score (nSPS) is 12.3. The van der Waals surface area contributed by atoms with Gasteiger partial charge in [-0.15, -0.1) is 0 Å². The molecule has 0 fully saturated rings. The highest BCUT2D eigenvalue weighted by Crippen LogP contribution is 2.40. The summed E-state index contributed by atoms with van der Waals surface area (Å²) >= 11 is 0. The van der Waals surface area contributed by atoms with Crippen molar-refractivity contribution in [2.75, 3.05) is 13.2 Å². The number of hydrogen-bond acceptors (Lipinski definition) is 4. The lowest BCUT2D eigenvalue weighted by molar-refractivity contribution is -0.386. The molecule has 0 aliphatic heterocycles. The van der Waals surface area contributed by atoms with Crippen LogP contribution in [0.3, 0.4) is 0 Å². The first-order chi connectivity index (χ1) is 9.48. The number of aliphatic hydroxyl groups excluding tert-OH is 1. The molecule has 0 radical (unpaired) electrons. The lowest BCUT2D eigenvalue weighted by atomic mass is 9.79. The second-order valence-corrected chi connectivity index (χ2v) is 7.19. The Bertz CT molecular complexity index is 524. The topological polar surface area (TPSA) is 72.6 Å². The molecule has 1 N–H and O–H groups in total. The lowest BCUT2D eigenvalue weighted by Gasteiger charge is -2.27. The average molecular weight is 295 g/mol. The van der Waals surface area contributed by atoms with Crippen LogP contribution in [0.15, 0.2) is 12.1 Å². The smallest absolute Gasteiger partial charge is 0.276 e. The largest absolute Gasteiger partial charge is 0.491 e. The highest BCUT2D eigenvalue weighted by atomic mass is 16.6. The van der Waals surface area contributed by atoms with E-state index >= 15 is 0 Å². The van der Waals surface area contributed by atoms with Gasteiger partial charge in [-0.3, -0.25) is 10.1 Å². The molecule has 0 aromatic heterocycles. The zero-order valence-electron chi connectivity index (χ0n) is 13.7. The molecule has 1 aromatic rings. The van der Waals surface area contributed by atoms with Gasteiger partial charge in [0.25, 0.3) is 5.69 Å². The molecule has 5 heteroatoms. The number of aliphatic hydroxyl groups is 1. The maximum absolute atomic E-state index is 11.4. The van der Waals surface area contributed by atoms with Crippen molar-refractivity contribution in [2.45, 2.75) is 52.4 Å². The molecule has 0 aliphatic carbocycles. The Labute approximate surface area is 126 Å². The second-order valence-electron chi connectivity index (χ2n) is 7.19. The van der Waals surface area contributed by atoms with Gasteiger partial charge in [-0.25, -0.2) is 0 Å². The third kappa shape index (κ3) is 4.17. The highest BCUT2D eigenvalue weighted by Gasteiger charge is 2.30. The first-order valence-electron chi connectivity index (χ1n) is 7.05. The van der Waals surface area contributed by atoms with E-state index in [2.05, 4.69) is 0 Å². The minimum atomic E-state index is -0.376. The summed E-state index contributed by atoms with van der Waals surface area (Å²) in [6.45, 7) is 12.0. The SMILES string of the molecule is CC(C)(C)c1cc(C(C)(C)C)c([N+](=O)[O-])cc1OCCO. The third-order valence-electron chi connectivity index (χ3n) is 3.26.